The number of hydrogen-bond donors (Lipinski definition) is 5. The minimum absolute atomic E-state index is 0.00900. The molecule has 0 radical (unpaired) electrons. The summed E-state index contributed by atoms with van der Waals surface area (Å²) < 4.78 is 5.76. The molecule has 0 aromatic heterocycles. The van der Waals surface area contributed by atoms with E-state index in [0.29, 0.717) is 10.7 Å². The van der Waals surface area contributed by atoms with Crippen molar-refractivity contribution in [2.24, 2.45) is 0 Å². The average molecular weight is 416 g/mol. The predicted octanol–water partition coefficient (Wildman–Crippen LogP) is 6.06. The van der Waals surface area contributed by atoms with Gasteiger partial charge in [-0.15, -0.1) is 0 Å². The Kier molecular flexibility index (Phi) is 9.86. The zero-order chi connectivity index (χ0) is 20.9. The molecule has 6 nitrogen and oxygen atoms in total. The molecule has 0 aliphatic rings. The van der Waals surface area contributed by atoms with Gasteiger partial charge in [-0.2, -0.15) is 0 Å². The van der Waals surface area contributed by atoms with Gasteiger partial charge in [-0.05, 0) is 48.9 Å². The summed E-state index contributed by atoms with van der Waals surface area (Å²) in [5.41, 5.74) is 1.42. The Morgan fingerprint density at radius 1 is 0.862 bits per heavy atom. The van der Waals surface area contributed by atoms with E-state index in [-0.39, 0.29) is 11.9 Å². The van der Waals surface area contributed by atoms with Gasteiger partial charge in [0.2, 0.25) is 0 Å². The van der Waals surface area contributed by atoms with Crippen LogP contribution in [0.3, 0.4) is 0 Å². The van der Waals surface area contributed by atoms with E-state index >= 15 is 0 Å². The summed E-state index contributed by atoms with van der Waals surface area (Å²) in [6.07, 6.45) is 7.44. The average Bonchev–Trinajstić information content (AvgIpc) is 2.68. The van der Waals surface area contributed by atoms with Crippen molar-refractivity contribution in [3.63, 3.8) is 0 Å². The fourth-order valence-electron chi connectivity index (χ4n) is 2.75. The Bertz CT molecular complexity index is 779. The molecule has 5 N–H and O–H groups in total. The number of halogens is 1. The molecule has 29 heavy (non-hydrogen) atoms. The molecule has 0 fully saturated rings. The molecular formula is C22H30ClN5O. The standard InChI is InChI=1S/C22H30ClN5O/c1-2-3-4-5-6-7-15-29-20-13-11-18(12-14-20)26-21(24)28-22(25)27-19-10-8-9-17(23)16-19/h8-14,16H,2-7,15H2,1H3,(H5,24,25,26,27,28). The van der Waals surface area contributed by atoms with E-state index in [1.54, 1.807) is 24.3 Å². The Morgan fingerprint density at radius 3 is 2.21 bits per heavy atom. The van der Waals surface area contributed by atoms with Gasteiger partial charge in [0.15, 0.2) is 11.9 Å². The number of ether oxygens (including phenoxy) is 1. The SMILES string of the molecule is CCCCCCCCOc1ccc(NC(=N)NC(=N)Nc2cccc(Cl)c2)cc1. The summed E-state index contributed by atoms with van der Waals surface area (Å²) in [5, 5.41) is 24.8. The Labute approximate surface area is 178 Å². The second-order valence-electron chi connectivity index (χ2n) is 6.78. The van der Waals surface area contributed by atoms with Crippen molar-refractivity contribution in [3.8, 4) is 5.75 Å². The largest absolute Gasteiger partial charge is 0.494 e. The number of nitrogens with one attached hydrogen (secondary N) is 5. The fraction of sp³-hybridized carbons (Fsp3) is 0.364. The quantitative estimate of drug-likeness (QED) is 0.185. The molecule has 0 aliphatic carbocycles. The number of hydrogen-bond acceptors (Lipinski definition) is 3. The third kappa shape index (κ3) is 9.34. The van der Waals surface area contributed by atoms with Crippen LogP contribution in [0.15, 0.2) is 48.5 Å². The molecular weight excluding hydrogens is 386 g/mol. The van der Waals surface area contributed by atoms with Crippen molar-refractivity contribution in [1.82, 2.24) is 5.32 Å². The highest BCUT2D eigenvalue weighted by molar-refractivity contribution is 6.30. The number of guanidine groups is 2. The van der Waals surface area contributed by atoms with Gasteiger partial charge in [0, 0.05) is 16.4 Å². The maximum atomic E-state index is 7.96. The van der Waals surface area contributed by atoms with Gasteiger partial charge in [0.1, 0.15) is 5.75 Å². The van der Waals surface area contributed by atoms with Crippen LogP contribution in [0.5, 0.6) is 5.75 Å². The molecule has 0 bridgehead atoms. The third-order valence-electron chi connectivity index (χ3n) is 4.23. The van der Waals surface area contributed by atoms with Crippen LogP contribution in [-0.2, 0) is 0 Å². The van der Waals surface area contributed by atoms with Crippen LogP contribution in [0.25, 0.3) is 0 Å². The van der Waals surface area contributed by atoms with E-state index in [1.807, 2.05) is 24.3 Å². The summed E-state index contributed by atoms with van der Waals surface area (Å²) >= 11 is 5.92. The molecule has 0 amide bonds. The first-order valence-corrected chi connectivity index (χ1v) is 10.4. The van der Waals surface area contributed by atoms with Crippen molar-refractivity contribution in [1.29, 1.82) is 10.8 Å². The normalized spacial score (nSPS) is 10.3. The molecule has 0 spiro atoms. The van der Waals surface area contributed by atoms with Crippen molar-refractivity contribution in [3.05, 3.63) is 53.6 Å². The molecule has 0 unspecified atom stereocenters. The van der Waals surface area contributed by atoms with Crippen molar-refractivity contribution < 1.29 is 4.74 Å². The predicted molar refractivity (Wildman–Crippen MR) is 123 cm³/mol. The van der Waals surface area contributed by atoms with Gasteiger partial charge in [0.05, 0.1) is 6.61 Å². The van der Waals surface area contributed by atoms with E-state index in [1.165, 1.54) is 32.1 Å². The highest BCUT2D eigenvalue weighted by atomic mass is 35.5. The lowest BCUT2D eigenvalue weighted by molar-refractivity contribution is 0.304. The van der Waals surface area contributed by atoms with Crippen LogP contribution in [0.2, 0.25) is 5.02 Å². The van der Waals surface area contributed by atoms with Gasteiger partial charge in [-0.3, -0.25) is 16.1 Å². The summed E-state index contributed by atoms with van der Waals surface area (Å²) in [7, 11) is 0. The second-order valence-corrected chi connectivity index (χ2v) is 7.21. The first kappa shape index (κ1) is 22.6. The maximum absolute atomic E-state index is 7.96. The molecule has 0 atom stereocenters. The topological polar surface area (TPSA) is 93.0 Å². The lowest BCUT2D eigenvalue weighted by Gasteiger charge is -2.13. The van der Waals surface area contributed by atoms with Crippen LogP contribution >= 0.6 is 11.6 Å². The van der Waals surface area contributed by atoms with Crippen LogP contribution in [0.1, 0.15) is 45.4 Å². The molecule has 156 valence electrons. The summed E-state index contributed by atoms with van der Waals surface area (Å²) in [4.78, 5) is 0. The minimum atomic E-state index is -0.0244. The first-order chi connectivity index (χ1) is 14.1. The third-order valence-corrected chi connectivity index (χ3v) is 4.47. The van der Waals surface area contributed by atoms with E-state index in [0.717, 1.165) is 24.5 Å². The van der Waals surface area contributed by atoms with Crippen molar-refractivity contribution >= 4 is 34.9 Å². The van der Waals surface area contributed by atoms with E-state index in [4.69, 9.17) is 27.2 Å². The van der Waals surface area contributed by atoms with Gasteiger partial charge in [-0.25, -0.2) is 0 Å². The Hall–Kier alpha value is -2.73. The zero-order valence-electron chi connectivity index (χ0n) is 16.9. The number of anilines is 2. The number of rotatable bonds is 10. The number of benzene rings is 2. The van der Waals surface area contributed by atoms with Gasteiger partial charge < -0.3 is 15.4 Å². The van der Waals surface area contributed by atoms with Crippen LogP contribution in [0.4, 0.5) is 11.4 Å². The Balaban J connectivity index is 1.67. The van der Waals surface area contributed by atoms with Gasteiger partial charge >= 0.3 is 0 Å². The van der Waals surface area contributed by atoms with Gasteiger partial charge in [-0.1, -0.05) is 56.7 Å². The lowest BCUT2D eigenvalue weighted by atomic mass is 10.1. The fourth-order valence-corrected chi connectivity index (χ4v) is 2.94. The second kappa shape index (κ2) is 12.7. The smallest absolute Gasteiger partial charge is 0.199 e. The lowest BCUT2D eigenvalue weighted by Crippen LogP contribution is -2.38. The molecule has 0 saturated heterocycles. The van der Waals surface area contributed by atoms with Crippen LogP contribution in [-0.4, -0.2) is 18.5 Å². The Morgan fingerprint density at radius 2 is 1.52 bits per heavy atom. The van der Waals surface area contributed by atoms with E-state index in [9.17, 15) is 0 Å². The van der Waals surface area contributed by atoms with Crippen LogP contribution < -0.4 is 20.7 Å². The highest BCUT2D eigenvalue weighted by Crippen LogP contribution is 2.17. The minimum Gasteiger partial charge on any atom is -0.494 e. The zero-order valence-corrected chi connectivity index (χ0v) is 17.6. The van der Waals surface area contributed by atoms with Gasteiger partial charge in [0.25, 0.3) is 0 Å². The number of unbranched alkanes of at least 4 members (excludes halogenated alkanes) is 5. The molecule has 0 saturated carbocycles. The maximum Gasteiger partial charge on any atom is 0.199 e. The summed E-state index contributed by atoms with van der Waals surface area (Å²) in [6, 6.07) is 14.5. The molecule has 0 aliphatic heterocycles. The summed E-state index contributed by atoms with van der Waals surface area (Å²) in [5.74, 6) is 0.785. The monoisotopic (exact) mass is 415 g/mol. The molecule has 2 aromatic rings. The molecule has 2 rings (SSSR count). The molecule has 2 aromatic carbocycles. The molecule has 0 heterocycles. The van der Waals surface area contributed by atoms with E-state index < -0.39 is 0 Å². The summed E-state index contributed by atoms with van der Waals surface area (Å²) in [6.45, 7) is 2.95. The highest BCUT2D eigenvalue weighted by Gasteiger charge is 2.03. The van der Waals surface area contributed by atoms with Crippen LogP contribution in [0, 0.1) is 10.8 Å². The first-order valence-electron chi connectivity index (χ1n) is 10.0. The van der Waals surface area contributed by atoms with E-state index in [2.05, 4.69) is 22.9 Å². The van der Waals surface area contributed by atoms with Crippen molar-refractivity contribution in [2.75, 3.05) is 17.2 Å². The molecule has 7 heteroatoms. The van der Waals surface area contributed by atoms with Crippen molar-refractivity contribution in [2.45, 2.75) is 45.4 Å².